The molecule has 0 fully saturated rings. The van der Waals surface area contributed by atoms with Crippen molar-refractivity contribution in [2.45, 2.75) is 13.0 Å². The van der Waals surface area contributed by atoms with Gasteiger partial charge in [0.15, 0.2) is 10.6 Å². The molecule has 0 unspecified atom stereocenters. The number of thiazole rings is 1. The van der Waals surface area contributed by atoms with Crippen LogP contribution in [0.25, 0.3) is 11.0 Å². The monoisotopic (exact) mass is 466 g/mol. The first-order valence-corrected chi connectivity index (χ1v) is 11.6. The van der Waals surface area contributed by atoms with E-state index in [9.17, 15) is 9.59 Å². The van der Waals surface area contributed by atoms with Crippen molar-refractivity contribution < 1.29 is 13.9 Å². The minimum atomic E-state index is -0.686. The number of carbonyl (C=O) groups is 1. The molecule has 2 aromatic heterocycles. The summed E-state index contributed by atoms with van der Waals surface area (Å²) < 4.78 is 12.0. The van der Waals surface area contributed by atoms with Gasteiger partial charge in [0.1, 0.15) is 17.1 Å². The molecule has 7 heteroatoms. The SMILES string of the molecule is Cc1ccc2oc3c(c(=O)c2c1)[C@@H](c1cccc(Oc2ccccc2)c1)N(c1nccs1)C3=O. The van der Waals surface area contributed by atoms with Gasteiger partial charge in [0.25, 0.3) is 5.91 Å². The number of benzene rings is 3. The smallest absolute Gasteiger partial charge is 0.297 e. The van der Waals surface area contributed by atoms with E-state index in [0.717, 1.165) is 11.1 Å². The van der Waals surface area contributed by atoms with Crippen LogP contribution in [0.2, 0.25) is 0 Å². The molecule has 0 bridgehead atoms. The summed E-state index contributed by atoms with van der Waals surface area (Å²) in [4.78, 5) is 33.1. The highest BCUT2D eigenvalue weighted by atomic mass is 32.1. The van der Waals surface area contributed by atoms with Crippen LogP contribution in [0.5, 0.6) is 11.5 Å². The van der Waals surface area contributed by atoms with Crippen molar-refractivity contribution in [3.05, 3.63) is 117 Å². The zero-order valence-corrected chi connectivity index (χ0v) is 18.9. The molecular weight excluding hydrogens is 448 g/mol. The number of ether oxygens (including phenoxy) is 1. The standard InChI is InChI=1S/C27H18N2O4S/c1-16-10-11-21-20(14-16)24(30)22-23(29(26(31)25(22)33-21)27-28-12-13-34-27)17-6-5-9-19(15-17)32-18-7-3-2-4-8-18/h2-15,23H,1H3/t23-/m1/s1. The number of hydrogen-bond donors (Lipinski definition) is 0. The van der Waals surface area contributed by atoms with Crippen LogP contribution < -0.4 is 15.1 Å². The van der Waals surface area contributed by atoms with Gasteiger partial charge in [-0.05, 0) is 48.9 Å². The summed E-state index contributed by atoms with van der Waals surface area (Å²) in [7, 11) is 0. The van der Waals surface area contributed by atoms with Gasteiger partial charge in [0.05, 0.1) is 17.0 Å². The highest BCUT2D eigenvalue weighted by Gasteiger charge is 2.44. The molecular formula is C27H18N2O4S. The number of hydrogen-bond acceptors (Lipinski definition) is 6. The number of aromatic nitrogens is 1. The average Bonchev–Trinajstić information content (AvgIpc) is 3.47. The number of para-hydroxylation sites is 1. The Labute approximate surface area is 198 Å². The lowest BCUT2D eigenvalue weighted by Gasteiger charge is -2.23. The lowest BCUT2D eigenvalue weighted by molar-refractivity contribution is 0.0971. The van der Waals surface area contributed by atoms with Gasteiger partial charge in [-0.1, -0.05) is 42.0 Å². The molecule has 166 valence electrons. The lowest BCUT2D eigenvalue weighted by Crippen LogP contribution is -2.29. The molecule has 34 heavy (non-hydrogen) atoms. The Morgan fingerprint density at radius 1 is 0.971 bits per heavy atom. The quantitative estimate of drug-likeness (QED) is 0.320. The van der Waals surface area contributed by atoms with Gasteiger partial charge in [-0.15, -0.1) is 11.3 Å². The summed E-state index contributed by atoms with van der Waals surface area (Å²) in [6, 6.07) is 21.6. The molecule has 1 atom stereocenters. The van der Waals surface area contributed by atoms with E-state index >= 15 is 0 Å². The van der Waals surface area contributed by atoms with Crippen molar-refractivity contribution in [2.24, 2.45) is 0 Å². The fraction of sp³-hybridized carbons (Fsp3) is 0.0741. The Morgan fingerprint density at radius 2 is 1.79 bits per heavy atom. The number of anilines is 1. The van der Waals surface area contributed by atoms with E-state index in [2.05, 4.69) is 4.98 Å². The first-order valence-electron chi connectivity index (χ1n) is 10.7. The number of aryl methyl sites for hydroxylation is 1. The molecule has 0 saturated carbocycles. The van der Waals surface area contributed by atoms with Crippen LogP contribution in [0.1, 0.15) is 33.3 Å². The summed E-state index contributed by atoms with van der Waals surface area (Å²) in [5.74, 6) is 0.963. The zero-order valence-electron chi connectivity index (χ0n) is 18.1. The highest BCUT2D eigenvalue weighted by molar-refractivity contribution is 7.13. The molecule has 1 aliphatic rings. The first kappa shape index (κ1) is 20.4. The maximum absolute atomic E-state index is 13.7. The lowest BCUT2D eigenvalue weighted by atomic mass is 9.98. The molecule has 0 N–H and O–H groups in total. The van der Waals surface area contributed by atoms with Gasteiger partial charge < -0.3 is 9.15 Å². The van der Waals surface area contributed by atoms with Crippen molar-refractivity contribution in [1.82, 2.24) is 4.98 Å². The van der Waals surface area contributed by atoms with Crippen molar-refractivity contribution in [3.63, 3.8) is 0 Å². The number of rotatable bonds is 4. The van der Waals surface area contributed by atoms with Crippen LogP contribution in [0.4, 0.5) is 5.13 Å². The molecule has 0 radical (unpaired) electrons. The normalized spacial score (nSPS) is 15.0. The fourth-order valence-corrected chi connectivity index (χ4v) is 4.97. The van der Waals surface area contributed by atoms with E-state index in [1.807, 2.05) is 67.6 Å². The summed E-state index contributed by atoms with van der Waals surface area (Å²) in [5.41, 5.74) is 2.16. The van der Waals surface area contributed by atoms with Crippen molar-refractivity contribution in [3.8, 4) is 11.5 Å². The first-order chi connectivity index (χ1) is 16.6. The van der Waals surface area contributed by atoms with Gasteiger partial charge in [0, 0.05) is 11.6 Å². The number of carbonyl (C=O) groups excluding carboxylic acids is 1. The molecule has 0 aliphatic carbocycles. The number of nitrogens with zero attached hydrogens (tertiary/aromatic N) is 2. The Kier molecular flexibility index (Phi) is 4.78. The van der Waals surface area contributed by atoms with Crippen LogP contribution in [0.15, 0.2) is 93.6 Å². The molecule has 6 nitrogen and oxygen atoms in total. The van der Waals surface area contributed by atoms with Gasteiger partial charge in [-0.2, -0.15) is 0 Å². The summed E-state index contributed by atoms with van der Waals surface area (Å²) >= 11 is 1.33. The second-order valence-corrected chi connectivity index (χ2v) is 8.93. The Morgan fingerprint density at radius 3 is 2.59 bits per heavy atom. The number of fused-ring (bicyclic) bond motifs is 2. The van der Waals surface area contributed by atoms with Gasteiger partial charge >= 0.3 is 0 Å². The highest BCUT2D eigenvalue weighted by Crippen LogP contribution is 2.42. The van der Waals surface area contributed by atoms with E-state index in [1.165, 1.54) is 16.2 Å². The second-order valence-electron chi connectivity index (χ2n) is 8.05. The predicted octanol–water partition coefficient (Wildman–Crippen LogP) is 6.10. The molecule has 3 aromatic carbocycles. The maximum atomic E-state index is 13.7. The van der Waals surface area contributed by atoms with E-state index in [0.29, 0.717) is 33.2 Å². The number of amides is 1. The molecule has 0 spiro atoms. The zero-order chi connectivity index (χ0) is 23.2. The Balaban J connectivity index is 1.55. The van der Waals surface area contributed by atoms with Crippen LogP contribution in [-0.2, 0) is 0 Å². The van der Waals surface area contributed by atoms with Crippen molar-refractivity contribution in [2.75, 3.05) is 4.90 Å². The molecule has 1 amide bonds. The molecule has 5 aromatic rings. The predicted molar refractivity (Wildman–Crippen MR) is 131 cm³/mol. The van der Waals surface area contributed by atoms with Gasteiger partial charge in [-0.25, -0.2) is 4.98 Å². The Hall–Kier alpha value is -4.23. The van der Waals surface area contributed by atoms with Crippen LogP contribution in [0.3, 0.4) is 0 Å². The van der Waals surface area contributed by atoms with Crippen LogP contribution in [0, 0.1) is 6.92 Å². The third kappa shape index (κ3) is 3.29. The Bertz CT molecular complexity index is 1590. The summed E-state index contributed by atoms with van der Waals surface area (Å²) in [6.45, 7) is 1.92. The van der Waals surface area contributed by atoms with E-state index in [-0.39, 0.29) is 17.1 Å². The average molecular weight is 467 g/mol. The fourth-order valence-electron chi connectivity index (χ4n) is 4.31. The van der Waals surface area contributed by atoms with Crippen LogP contribution >= 0.6 is 11.3 Å². The molecule has 0 saturated heterocycles. The van der Waals surface area contributed by atoms with E-state index in [4.69, 9.17) is 9.15 Å². The third-order valence-electron chi connectivity index (χ3n) is 5.80. The molecule has 1 aliphatic heterocycles. The van der Waals surface area contributed by atoms with E-state index < -0.39 is 6.04 Å². The topological polar surface area (TPSA) is 72.6 Å². The molecule has 3 heterocycles. The van der Waals surface area contributed by atoms with Gasteiger partial charge in [-0.3, -0.25) is 14.5 Å². The maximum Gasteiger partial charge on any atom is 0.297 e. The molecule has 6 rings (SSSR count). The van der Waals surface area contributed by atoms with Crippen molar-refractivity contribution in [1.29, 1.82) is 0 Å². The minimum Gasteiger partial charge on any atom is -0.457 e. The largest absolute Gasteiger partial charge is 0.457 e. The third-order valence-corrected chi connectivity index (χ3v) is 6.57. The van der Waals surface area contributed by atoms with Crippen molar-refractivity contribution >= 4 is 33.3 Å². The minimum absolute atomic E-state index is 0.0518. The second kappa shape index (κ2) is 7.97. The van der Waals surface area contributed by atoms with Gasteiger partial charge in [0.2, 0.25) is 5.76 Å². The van der Waals surface area contributed by atoms with Crippen LogP contribution in [-0.4, -0.2) is 10.9 Å². The summed E-state index contributed by atoms with van der Waals surface area (Å²) in [5, 5.41) is 2.75. The summed E-state index contributed by atoms with van der Waals surface area (Å²) in [6.07, 6.45) is 1.64. The van der Waals surface area contributed by atoms with E-state index in [1.54, 1.807) is 23.7 Å².